The van der Waals surface area contributed by atoms with Gasteiger partial charge in [0.2, 0.25) is 0 Å². The highest BCUT2D eigenvalue weighted by molar-refractivity contribution is 7.22. The number of hydrogen-bond donors (Lipinski definition) is 2. The van der Waals surface area contributed by atoms with Gasteiger partial charge in [0.05, 0.1) is 41.2 Å². The highest BCUT2D eigenvalue weighted by atomic mass is 32.1. The second-order valence-electron chi connectivity index (χ2n) is 6.52. The van der Waals surface area contributed by atoms with Crippen molar-refractivity contribution in [3.8, 4) is 5.75 Å². The number of methoxy groups -OCH3 is 1. The molecule has 0 aliphatic rings. The van der Waals surface area contributed by atoms with Crippen LogP contribution in [-0.2, 0) is 22.3 Å². The van der Waals surface area contributed by atoms with Crippen molar-refractivity contribution in [3.05, 3.63) is 52.6 Å². The second-order valence-corrected chi connectivity index (χ2v) is 7.55. The van der Waals surface area contributed by atoms with Crippen LogP contribution in [0.1, 0.15) is 27.0 Å². The number of phenolic OH excluding ortho intramolecular Hbond substituents is 1. The molecule has 30 heavy (non-hydrogen) atoms. The molecule has 0 saturated carbocycles. The van der Waals surface area contributed by atoms with Gasteiger partial charge in [-0.1, -0.05) is 17.4 Å². The monoisotopic (exact) mass is 440 g/mol. The molecule has 0 fully saturated rings. The smallest absolute Gasteiger partial charge is 0.416 e. The third kappa shape index (κ3) is 5.07. The lowest BCUT2D eigenvalue weighted by Gasteiger charge is -2.11. The number of alkyl halides is 3. The zero-order chi connectivity index (χ0) is 21.9. The molecule has 0 unspecified atom stereocenters. The van der Waals surface area contributed by atoms with Crippen molar-refractivity contribution in [2.24, 2.45) is 0 Å². The third-order valence-corrected chi connectivity index (χ3v) is 5.14. The lowest BCUT2D eigenvalue weighted by Crippen LogP contribution is -2.13. The molecule has 0 saturated heterocycles. The lowest BCUT2D eigenvalue weighted by molar-refractivity contribution is -0.137. The highest BCUT2D eigenvalue weighted by Gasteiger charge is 2.30. The van der Waals surface area contributed by atoms with Gasteiger partial charge in [0.15, 0.2) is 5.13 Å². The second kappa shape index (κ2) is 8.99. The van der Waals surface area contributed by atoms with Crippen LogP contribution in [0.2, 0.25) is 0 Å². The van der Waals surface area contributed by atoms with Gasteiger partial charge in [-0.2, -0.15) is 13.2 Å². The van der Waals surface area contributed by atoms with Crippen molar-refractivity contribution >= 4 is 32.6 Å². The molecule has 10 heteroatoms. The lowest BCUT2D eigenvalue weighted by atomic mass is 10.0. The summed E-state index contributed by atoms with van der Waals surface area (Å²) in [6.45, 7) is 2.59. The summed E-state index contributed by atoms with van der Waals surface area (Å²) in [4.78, 5) is 16.8. The Bertz CT molecular complexity index is 1070. The molecule has 1 aromatic heterocycles. The Labute approximate surface area is 174 Å². The van der Waals surface area contributed by atoms with Gasteiger partial charge in [0, 0.05) is 12.7 Å². The molecule has 2 aromatic carbocycles. The Morgan fingerprint density at radius 1 is 1.23 bits per heavy atom. The number of aromatic nitrogens is 1. The van der Waals surface area contributed by atoms with Gasteiger partial charge in [-0.25, -0.2) is 4.98 Å². The van der Waals surface area contributed by atoms with E-state index < -0.39 is 17.6 Å². The number of aryl methyl sites for hydroxylation is 1. The number of thiazole rings is 1. The van der Waals surface area contributed by atoms with Crippen LogP contribution in [0.3, 0.4) is 0 Å². The van der Waals surface area contributed by atoms with E-state index in [0.717, 1.165) is 29.0 Å². The number of ether oxygens (including phenoxy) is 2. The molecule has 3 rings (SSSR count). The maximum absolute atomic E-state index is 12.9. The van der Waals surface area contributed by atoms with E-state index in [-0.39, 0.29) is 23.1 Å². The van der Waals surface area contributed by atoms with Crippen molar-refractivity contribution in [2.75, 3.05) is 25.6 Å². The molecule has 0 atom stereocenters. The molecule has 1 heterocycles. The first-order valence-corrected chi connectivity index (χ1v) is 9.69. The Morgan fingerprint density at radius 3 is 2.70 bits per heavy atom. The molecule has 0 aliphatic carbocycles. The van der Waals surface area contributed by atoms with Crippen LogP contribution >= 0.6 is 11.3 Å². The molecule has 160 valence electrons. The van der Waals surface area contributed by atoms with Crippen LogP contribution in [0, 0.1) is 6.92 Å². The van der Waals surface area contributed by atoms with Crippen molar-refractivity contribution < 1.29 is 32.5 Å². The Morgan fingerprint density at radius 2 is 2.00 bits per heavy atom. The van der Waals surface area contributed by atoms with Gasteiger partial charge in [-0.3, -0.25) is 10.1 Å². The van der Waals surface area contributed by atoms with Crippen molar-refractivity contribution in [1.29, 1.82) is 0 Å². The zero-order valence-electron chi connectivity index (χ0n) is 16.2. The minimum Gasteiger partial charge on any atom is -0.507 e. The van der Waals surface area contributed by atoms with Crippen molar-refractivity contribution in [2.45, 2.75) is 19.7 Å². The number of rotatable bonds is 7. The summed E-state index contributed by atoms with van der Waals surface area (Å²) in [5, 5.41) is 13.1. The van der Waals surface area contributed by atoms with Gasteiger partial charge in [-0.05, 0) is 36.8 Å². The summed E-state index contributed by atoms with van der Waals surface area (Å²) in [7, 11) is 1.54. The number of carbonyl (C=O) groups is 1. The average Bonchev–Trinajstić information content (AvgIpc) is 3.08. The number of nitrogens with zero attached hydrogens (tertiary/aromatic N) is 1. The summed E-state index contributed by atoms with van der Waals surface area (Å²) >= 11 is 0.921. The van der Waals surface area contributed by atoms with E-state index in [4.69, 9.17) is 9.47 Å². The van der Waals surface area contributed by atoms with Gasteiger partial charge in [0.25, 0.3) is 5.91 Å². The number of benzene rings is 2. The van der Waals surface area contributed by atoms with E-state index in [0.29, 0.717) is 29.0 Å². The van der Waals surface area contributed by atoms with Crippen LogP contribution in [0.15, 0.2) is 30.3 Å². The Balaban J connectivity index is 1.81. The van der Waals surface area contributed by atoms with Gasteiger partial charge in [-0.15, -0.1) is 0 Å². The topological polar surface area (TPSA) is 80.7 Å². The first kappa shape index (κ1) is 22.0. The maximum Gasteiger partial charge on any atom is 0.416 e. The number of fused-ring (bicyclic) bond motifs is 1. The van der Waals surface area contributed by atoms with E-state index in [1.54, 1.807) is 20.1 Å². The predicted molar refractivity (Wildman–Crippen MR) is 107 cm³/mol. The summed E-state index contributed by atoms with van der Waals surface area (Å²) in [5.74, 6) is -0.847. The Hall–Kier alpha value is -2.69. The molecule has 0 radical (unpaired) electrons. The SMILES string of the molecule is COCCOCc1cc(C)cc(C(=O)Nc2nc3ccc(C(F)(F)F)cc3s2)c1O. The number of aromatic hydroxyl groups is 1. The fourth-order valence-electron chi connectivity index (χ4n) is 2.78. The first-order valence-electron chi connectivity index (χ1n) is 8.87. The van der Waals surface area contributed by atoms with Crippen LogP contribution in [0.5, 0.6) is 5.75 Å². The molecular formula is C20H19F3N2O4S. The molecule has 3 aromatic rings. The standard InChI is InChI=1S/C20H19F3N2O4S/c1-11-7-12(10-29-6-5-28-2)17(26)14(8-11)18(27)25-19-24-15-4-3-13(20(21,22)23)9-16(15)30-19/h3-4,7-9,26H,5-6,10H2,1-2H3,(H,24,25,27). The van der Waals surface area contributed by atoms with Crippen LogP contribution in [-0.4, -0.2) is 36.3 Å². The number of phenols is 1. The predicted octanol–water partition coefficient (Wildman–Crippen LogP) is 4.74. The zero-order valence-corrected chi connectivity index (χ0v) is 17.0. The summed E-state index contributed by atoms with van der Waals surface area (Å²) in [5.41, 5.74) is 0.753. The number of anilines is 1. The largest absolute Gasteiger partial charge is 0.507 e. The molecule has 2 N–H and O–H groups in total. The fraction of sp³-hybridized carbons (Fsp3) is 0.300. The van der Waals surface area contributed by atoms with E-state index in [2.05, 4.69) is 10.3 Å². The summed E-state index contributed by atoms with van der Waals surface area (Å²) in [6, 6.07) is 6.40. The number of nitrogens with one attached hydrogen (secondary N) is 1. The van der Waals surface area contributed by atoms with Crippen molar-refractivity contribution in [3.63, 3.8) is 0 Å². The minimum absolute atomic E-state index is 0.0237. The maximum atomic E-state index is 12.9. The average molecular weight is 440 g/mol. The van der Waals surface area contributed by atoms with Gasteiger partial charge >= 0.3 is 6.18 Å². The minimum atomic E-state index is -4.46. The molecule has 1 amide bonds. The molecule has 0 bridgehead atoms. The summed E-state index contributed by atoms with van der Waals surface area (Å²) < 4.78 is 49.2. The third-order valence-electron chi connectivity index (χ3n) is 4.20. The fourth-order valence-corrected chi connectivity index (χ4v) is 3.68. The molecule has 0 spiro atoms. The van der Waals surface area contributed by atoms with Crippen molar-refractivity contribution in [1.82, 2.24) is 4.98 Å². The normalized spacial score (nSPS) is 11.8. The van der Waals surface area contributed by atoms with Crippen LogP contribution < -0.4 is 5.32 Å². The summed E-state index contributed by atoms with van der Waals surface area (Å²) in [6.07, 6.45) is -4.46. The number of halogens is 3. The number of hydrogen-bond acceptors (Lipinski definition) is 6. The van der Waals surface area contributed by atoms with E-state index in [1.165, 1.54) is 12.1 Å². The van der Waals surface area contributed by atoms with Crippen LogP contribution in [0.4, 0.5) is 18.3 Å². The first-order chi connectivity index (χ1) is 14.2. The van der Waals surface area contributed by atoms with Crippen LogP contribution in [0.25, 0.3) is 10.2 Å². The van der Waals surface area contributed by atoms with E-state index in [9.17, 15) is 23.1 Å². The molecule has 0 aliphatic heterocycles. The van der Waals surface area contributed by atoms with Gasteiger partial charge < -0.3 is 14.6 Å². The number of carbonyl (C=O) groups excluding carboxylic acids is 1. The van der Waals surface area contributed by atoms with Gasteiger partial charge in [0.1, 0.15) is 5.75 Å². The van der Waals surface area contributed by atoms with E-state index >= 15 is 0 Å². The number of amides is 1. The molecular weight excluding hydrogens is 421 g/mol. The quantitative estimate of drug-likeness (QED) is 0.519. The Kier molecular flexibility index (Phi) is 6.59. The van der Waals surface area contributed by atoms with E-state index in [1.807, 2.05) is 0 Å². The highest BCUT2D eigenvalue weighted by Crippen LogP contribution is 2.35. The molecule has 6 nitrogen and oxygen atoms in total.